The molecule has 1 aromatic carbocycles. The largest absolute Gasteiger partial charge is 0.361 e. The highest BCUT2D eigenvalue weighted by atomic mass is 19.1. The predicted octanol–water partition coefficient (Wildman–Crippen LogP) is 1.51. The minimum atomic E-state index is -1.70. The number of aliphatic hydroxyl groups is 1. The molecule has 1 aromatic rings. The highest BCUT2D eigenvalue weighted by molar-refractivity contribution is 5.24. The van der Waals surface area contributed by atoms with Crippen LogP contribution in [0.3, 0.4) is 0 Å². The second kappa shape index (κ2) is 4.33. The van der Waals surface area contributed by atoms with Crippen LogP contribution in [0.5, 0.6) is 0 Å². The lowest BCUT2D eigenvalue weighted by Crippen LogP contribution is -2.58. The summed E-state index contributed by atoms with van der Waals surface area (Å²) in [4.78, 5) is 0. The Labute approximate surface area is 98.4 Å². The van der Waals surface area contributed by atoms with Gasteiger partial charge in [-0.3, -0.25) is 0 Å². The Morgan fingerprint density at radius 2 is 1.88 bits per heavy atom. The highest BCUT2D eigenvalue weighted by Gasteiger charge is 2.41. The predicted molar refractivity (Wildman–Crippen MR) is 58.3 cm³/mol. The summed E-state index contributed by atoms with van der Waals surface area (Å²) >= 11 is 0. The van der Waals surface area contributed by atoms with Gasteiger partial charge in [-0.25, -0.2) is 8.78 Å². The van der Waals surface area contributed by atoms with Gasteiger partial charge in [-0.1, -0.05) is 0 Å². The third-order valence-electron chi connectivity index (χ3n) is 2.95. The zero-order chi connectivity index (χ0) is 12.6. The van der Waals surface area contributed by atoms with Gasteiger partial charge in [0.25, 0.3) is 0 Å². The van der Waals surface area contributed by atoms with Crippen LogP contribution in [0.1, 0.15) is 19.4 Å². The van der Waals surface area contributed by atoms with Gasteiger partial charge in [0.05, 0.1) is 12.6 Å². The van der Waals surface area contributed by atoms with Crippen molar-refractivity contribution in [2.45, 2.75) is 31.7 Å². The zero-order valence-corrected chi connectivity index (χ0v) is 9.71. The maximum Gasteiger partial charge on any atom is 0.208 e. The topological polar surface area (TPSA) is 41.5 Å². The first-order valence-corrected chi connectivity index (χ1v) is 5.51. The smallest absolute Gasteiger partial charge is 0.208 e. The van der Waals surface area contributed by atoms with E-state index in [1.165, 1.54) is 0 Å². The minimum Gasteiger partial charge on any atom is -0.361 e. The Balaban J connectivity index is 2.37. The second-order valence-corrected chi connectivity index (χ2v) is 4.45. The molecule has 94 valence electrons. The third-order valence-corrected chi connectivity index (χ3v) is 2.95. The number of nitrogens with one attached hydrogen (secondary N) is 1. The van der Waals surface area contributed by atoms with E-state index in [0.29, 0.717) is 0 Å². The number of hydrogen-bond donors (Lipinski definition) is 2. The Morgan fingerprint density at radius 3 is 2.41 bits per heavy atom. The van der Waals surface area contributed by atoms with Gasteiger partial charge in [-0.05, 0) is 26.0 Å². The molecule has 2 N–H and O–H groups in total. The van der Waals surface area contributed by atoms with E-state index in [4.69, 9.17) is 4.74 Å². The van der Waals surface area contributed by atoms with Crippen LogP contribution in [0.25, 0.3) is 0 Å². The van der Waals surface area contributed by atoms with E-state index >= 15 is 0 Å². The van der Waals surface area contributed by atoms with Crippen molar-refractivity contribution in [2.75, 3.05) is 6.61 Å². The van der Waals surface area contributed by atoms with Crippen LogP contribution in [0.2, 0.25) is 0 Å². The molecule has 0 bridgehead atoms. The van der Waals surface area contributed by atoms with Crippen LogP contribution in [0.15, 0.2) is 18.2 Å². The molecule has 0 aromatic heterocycles. The van der Waals surface area contributed by atoms with Crippen molar-refractivity contribution in [3.63, 3.8) is 0 Å². The lowest BCUT2D eigenvalue weighted by atomic mass is 9.96. The molecule has 2 rings (SSSR count). The molecule has 0 spiro atoms. The molecule has 0 saturated carbocycles. The SMILES string of the molecule is CC1CO[C@@](O)(c2cc(F)cc(F)c2)C(C)N1. The molecule has 1 saturated heterocycles. The van der Waals surface area contributed by atoms with Crippen LogP contribution in [-0.4, -0.2) is 23.8 Å². The summed E-state index contributed by atoms with van der Waals surface area (Å²) in [6.45, 7) is 3.89. The van der Waals surface area contributed by atoms with Crippen LogP contribution in [0.4, 0.5) is 8.78 Å². The minimum absolute atomic E-state index is 0.0851. The van der Waals surface area contributed by atoms with Gasteiger partial charge >= 0.3 is 0 Å². The van der Waals surface area contributed by atoms with Gasteiger partial charge in [0.2, 0.25) is 5.79 Å². The number of halogens is 2. The molecular formula is C12H15F2NO2. The summed E-state index contributed by atoms with van der Waals surface area (Å²) in [5, 5.41) is 13.4. The molecule has 1 fully saturated rings. The Bertz CT molecular complexity index is 407. The number of benzene rings is 1. The third kappa shape index (κ3) is 2.31. The van der Waals surface area contributed by atoms with Crippen molar-refractivity contribution in [1.29, 1.82) is 0 Å². The fourth-order valence-corrected chi connectivity index (χ4v) is 2.06. The van der Waals surface area contributed by atoms with Crippen molar-refractivity contribution >= 4 is 0 Å². The summed E-state index contributed by atoms with van der Waals surface area (Å²) < 4.78 is 31.6. The fourth-order valence-electron chi connectivity index (χ4n) is 2.06. The van der Waals surface area contributed by atoms with Crippen molar-refractivity contribution in [1.82, 2.24) is 5.32 Å². The Morgan fingerprint density at radius 1 is 1.29 bits per heavy atom. The van der Waals surface area contributed by atoms with Gasteiger partial charge < -0.3 is 15.2 Å². The maximum atomic E-state index is 13.1. The van der Waals surface area contributed by atoms with E-state index in [2.05, 4.69) is 5.32 Å². The van der Waals surface area contributed by atoms with E-state index in [1.54, 1.807) is 6.92 Å². The van der Waals surface area contributed by atoms with Crippen LogP contribution in [0, 0.1) is 11.6 Å². The van der Waals surface area contributed by atoms with E-state index < -0.39 is 23.5 Å². The van der Waals surface area contributed by atoms with Crippen molar-refractivity contribution in [2.24, 2.45) is 0 Å². The second-order valence-electron chi connectivity index (χ2n) is 4.45. The Kier molecular flexibility index (Phi) is 3.16. The van der Waals surface area contributed by atoms with Crippen LogP contribution >= 0.6 is 0 Å². The molecule has 17 heavy (non-hydrogen) atoms. The number of hydrogen-bond acceptors (Lipinski definition) is 3. The first kappa shape index (κ1) is 12.4. The number of rotatable bonds is 1. The molecule has 0 amide bonds. The quantitative estimate of drug-likeness (QED) is 0.785. The molecule has 1 heterocycles. The van der Waals surface area contributed by atoms with Gasteiger partial charge in [-0.2, -0.15) is 0 Å². The van der Waals surface area contributed by atoms with Crippen molar-refractivity contribution < 1.29 is 18.6 Å². The van der Waals surface area contributed by atoms with E-state index in [-0.39, 0.29) is 18.2 Å². The lowest BCUT2D eigenvalue weighted by molar-refractivity contribution is -0.253. The Hall–Kier alpha value is -1.04. The first-order valence-electron chi connectivity index (χ1n) is 5.51. The van der Waals surface area contributed by atoms with E-state index in [1.807, 2.05) is 6.92 Å². The van der Waals surface area contributed by atoms with Gasteiger partial charge in [0.1, 0.15) is 11.6 Å². The molecule has 2 unspecified atom stereocenters. The van der Waals surface area contributed by atoms with Crippen LogP contribution < -0.4 is 5.32 Å². The van der Waals surface area contributed by atoms with Crippen molar-refractivity contribution in [3.8, 4) is 0 Å². The molecule has 3 nitrogen and oxygen atoms in total. The molecule has 0 aliphatic carbocycles. The summed E-state index contributed by atoms with van der Waals surface area (Å²) in [7, 11) is 0. The van der Waals surface area contributed by atoms with E-state index in [0.717, 1.165) is 18.2 Å². The number of morpholine rings is 1. The average Bonchev–Trinajstić information content (AvgIpc) is 2.22. The molecule has 1 aliphatic heterocycles. The maximum absolute atomic E-state index is 13.1. The average molecular weight is 243 g/mol. The molecule has 5 heteroatoms. The van der Waals surface area contributed by atoms with Crippen LogP contribution in [-0.2, 0) is 10.5 Å². The lowest BCUT2D eigenvalue weighted by Gasteiger charge is -2.41. The normalized spacial score (nSPS) is 33.7. The molecule has 0 radical (unpaired) electrons. The molecule has 3 atom stereocenters. The molecular weight excluding hydrogens is 228 g/mol. The number of ether oxygens (including phenoxy) is 1. The first-order chi connectivity index (χ1) is 7.91. The van der Waals surface area contributed by atoms with Gasteiger partial charge in [-0.15, -0.1) is 0 Å². The summed E-state index contributed by atoms with van der Waals surface area (Å²) in [6, 6.07) is 2.56. The van der Waals surface area contributed by atoms with E-state index in [9.17, 15) is 13.9 Å². The molecule has 1 aliphatic rings. The highest BCUT2D eigenvalue weighted by Crippen LogP contribution is 2.30. The van der Waals surface area contributed by atoms with Crippen molar-refractivity contribution in [3.05, 3.63) is 35.4 Å². The fraction of sp³-hybridized carbons (Fsp3) is 0.500. The van der Waals surface area contributed by atoms with Gasteiger partial charge in [0.15, 0.2) is 0 Å². The standard InChI is InChI=1S/C12H15F2NO2/c1-7-6-17-12(16,8(2)15-7)9-3-10(13)5-11(14)4-9/h3-5,7-8,15-16H,6H2,1-2H3/t7?,8?,12-/m1/s1. The van der Waals surface area contributed by atoms with Gasteiger partial charge in [0, 0.05) is 17.7 Å². The summed E-state index contributed by atoms with van der Waals surface area (Å²) in [6.07, 6.45) is 0. The summed E-state index contributed by atoms with van der Waals surface area (Å²) in [5.41, 5.74) is 0.0851. The summed E-state index contributed by atoms with van der Waals surface area (Å²) in [5.74, 6) is -3.17. The monoisotopic (exact) mass is 243 g/mol. The zero-order valence-electron chi connectivity index (χ0n) is 9.71.